The standard InChI is InChI=1S/C24H33N3O3/c1-25-20-14-27-19(11-10-17(23(27)29)16-8-4-2-5-9-16)22(25)21(18(20)15-28)24(30)26-12-6-3-7-13-26/h8,10-11,18,20-22,28H,2-7,9,12-15H2,1H3/t18-,20-,21+,22+/m0/s1. The van der Waals surface area contributed by atoms with E-state index in [-0.39, 0.29) is 42.0 Å². The Bertz CT molecular complexity index is 915. The highest BCUT2D eigenvalue weighted by Crippen LogP contribution is 2.48. The summed E-state index contributed by atoms with van der Waals surface area (Å²) in [4.78, 5) is 31.2. The highest BCUT2D eigenvalue weighted by molar-refractivity contribution is 5.81. The molecule has 2 fully saturated rings. The van der Waals surface area contributed by atoms with Crippen LogP contribution >= 0.6 is 0 Å². The maximum Gasteiger partial charge on any atom is 0.258 e. The number of rotatable bonds is 3. The van der Waals surface area contributed by atoms with Crippen LogP contribution < -0.4 is 5.56 Å². The zero-order valence-corrected chi connectivity index (χ0v) is 17.9. The number of nitrogens with zero attached hydrogens (tertiary/aromatic N) is 3. The Morgan fingerprint density at radius 3 is 2.63 bits per heavy atom. The van der Waals surface area contributed by atoms with Crippen molar-refractivity contribution in [3.05, 3.63) is 39.8 Å². The lowest BCUT2D eigenvalue weighted by molar-refractivity contribution is -0.139. The van der Waals surface area contributed by atoms with E-state index in [9.17, 15) is 14.7 Å². The summed E-state index contributed by atoms with van der Waals surface area (Å²) in [7, 11) is 2.05. The zero-order chi connectivity index (χ0) is 20.8. The summed E-state index contributed by atoms with van der Waals surface area (Å²) in [5.74, 6) is -0.255. The van der Waals surface area contributed by atoms with Crippen LogP contribution in [-0.4, -0.2) is 58.2 Å². The molecule has 4 atom stereocenters. The van der Waals surface area contributed by atoms with Crippen LogP contribution in [0.1, 0.15) is 62.2 Å². The van der Waals surface area contributed by atoms with Crippen LogP contribution in [0.4, 0.5) is 0 Å². The number of likely N-dealkylation sites (N-methyl/N-ethyl adjacent to an activating group) is 1. The van der Waals surface area contributed by atoms with Gasteiger partial charge in [0, 0.05) is 49.5 Å². The first-order valence-corrected chi connectivity index (χ1v) is 11.7. The molecule has 0 saturated carbocycles. The quantitative estimate of drug-likeness (QED) is 0.830. The molecule has 0 aromatic carbocycles. The zero-order valence-electron chi connectivity index (χ0n) is 17.9. The van der Waals surface area contributed by atoms with Gasteiger partial charge in [0.15, 0.2) is 0 Å². The summed E-state index contributed by atoms with van der Waals surface area (Å²) in [6.07, 6.45) is 9.86. The number of fused-ring (bicyclic) bond motifs is 4. The molecular weight excluding hydrogens is 378 g/mol. The fourth-order valence-corrected chi connectivity index (χ4v) is 6.32. The molecule has 1 N–H and O–H groups in total. The van der Waals surface area contributed by atoms with Crippen molar-refractivity contribution in [1.82, 2.24) is 14.4 Å². The Balaban J connectivity index is 1.55. The summed E-state index contributed by atoms with van der Waals surface area (Å²) in [5.41, 5.74) is 3.01. The molecule has 2 bridgehead atoms. The lowest BCUT2D eigenvalue weighted by Crippen LogP contribution is -2.45. The van der Waals surface area contributed by atoms with Gasteiger partial charge >= 0.3 is 0 Å². The number of aliphatic hydroxyl groups excluding tert-OH is 1. The van der Waals surface area contributed by atoms with E-state index < -0.39 is 0 Å². The molecule has 0 radical (unpaired) electrons. The van der Waals surface area contributed by atoms with Crippen molar-refractivity contribution in [2.45, 2.75) is 63.6 Å². The van der Waals surface area contributed by atoms with Gasteiger partial charge in [0.25, 0.3) is 5.56 Å². The maximum absolute atomic E-state index is 13.6. The van der Waals surface area contributed by atoms with Gasteiger partial charge in [0.05, 0.1) is 12.0 Å². The highest BCUT2D eigenvalue weighted by Gasteiger charge is 2.55. The number of aliphatic hydroxyl groups is 1. The number of pyridine rings is 1. The van der Waals surface area contributed by atoms with E-state index in [0.29, 0.717) is 6.54 Å². The molecule has 1 aromatic rings. The van der Waals surface area contributed by atoms with Crippen molar-refractivity contribution in [2.75, 3.05) is 26.7 Å². The minimum atomic E-state index is -0.281. The maximum atomic E-state index is 13.6. The predicted octanol–water partition coefficient (Wildman–Crippen LogP) is 2.41. The van der Waals surface area contributed by atoms with E-state index in [1.54, 1.807) is 0 Å². The topological polar surface area (TPSA) is 65.8 Å². The molecule has 4 aliphatic rings. The molecule has 6 nitrogen and oxygen atoms in total. The second kappa shape index (κ2) is 7.97. The highest BCUT2D eigenvalue weighted by atomic mass is 16.3. The molecule has 1 aromatic heterocycles. The molecule has 3 aliphatic heterocycles. The molecule has 30 heavy (non-hydrogen) atoms. The Morgan fingerprint density at radius 1 is 1.13 bits per heavy atom. The first kappa shape index (κ1) is 20.0. The lowest BCUT2D eigenvalue weighted by Gasteiger charge is -2.36. The molecule has 162 valence electrons. The third-order valence-electron chi connectivity index (χ3n) is 7.94. The van der Waals surface area contributed by atoms with Gasteiger partial charge in [-0.25, -0.2) is 0 Å². The molecule has 5 rings (SSSR count). The monoisotopic (exact) mass is 411 g/mol. The average molecular weight is 412 g/mol. The van der Waals surface area contributed by atoms with E-state index in [2.05, 4.69) is 17.0 Å². The number of carbonyl (C=O) groups is 1. The van der Waals surface area contributed by atoms with Gasteiger partial charge in [0.2, 0.25) is 5.91 Å². The summed E-state index contributed by atoms with van der Waals surface area (Å²) < 4.78 is 1.91. The van der Waals surface area contributed by atoms with Crippen LogP contribution in [0.15, 0.2) is 23.0 Å². The predicted molar refractivity (Wildman–Crippen MR) is 116 cm³/mol. The second-order valence-electron chi connectivity index (χ2n) is 9.50. The van der Waals surface area contributed by atoms with Crippen molar-refractivity contribution < 1.29 is 9.90 Å². The van der Waals surface area contributed by atoms with E-state index in [0.717, 1.165) is 56.5 Å². The Morgan fingerprint density at radius 2 is 1.93 bits per heavy atom. The van der Waals surface area contributed by atoms with Crippen LogP contribution in [0.2, 0.25) is 0 Å². The normalized spacial score (nSPS) is 31.4. The van der Waals surface area contributed by atoms with Gasteiger partial charge in [-0.2, -0.15) is 0 Å². The first-order chi connectivity index (χ1) is 14.6. The number of carbonyl (C=O) groups excluding carboxylic acids is 1. The van der Waals surface area contributed by atoms with Gasteiger partial charge < -0.3 is 14.6 Å². The molecule has 0 unspecified atom stereocenters. The largest absolute Gasteiger partial charge is 0.396 e. The molecule has 4 heterocycles. The van der Waals surface area contributed by atoms with Crippen LogP contribution in [0, 0.1) is 11.8 Å². The van der Waals surface area contributed by atoms with Crippen LogP contribution in [0.25, 0.3) is 5.57 Å². The van der Waals surface area contributed by atoms with Crippen LogP contribution in [0.3, 0.4) is 0 Å². The van der Waals surface area contributed by atoms with E-state index in [1.165, 1.54) is 18.4 Å². The summed E-state index contributed by atoms with van der Waals surface area (Å²) in [6, 6.07) is 3.92. The SMILES string of the molecule is CN1[C@@H]2c3ccc(C4=CCCCC4)c(=O)n3C[C@H]1[C@H](CO)[C@H]2C(=O)N1CCCCC1. The van der Waals surface area contributed by atoms with Gasteiger partial charge in [-0.1, -0.05) is 6.08 Å². The minimum absolute atomic E-state index is 0.0134. The summed E-state index contributed by atoms with van der Waals surface area (Å²) >= 11 is 0. The van der Waals surface area contributed by atoms with E-state index in [4.69, 9.17) is 0 Å². The second-order valence-corrected chi connectivity index (χ2v) is 9.50. The number of piperidine rings is 1. The average Bonchev–Trinajstić information content (AvgIpc) is 2.96. The molecule has 6 heteroatoms. The Labute approximate surface area is 178 Å². The van der Waals surface area contributed by atoms with Crippen LogP contribution in [0.5, 0.6) is 0 Å². The summed E-state index contributed by atoms with van der Waals surface area (Å²) in [5, 5.41) is 10.3. The molecule has 1 aliphatic carbocycles. The summed E-state index contributed by atoms with van der Waals surface area (Å²) in [6.45, 7) is 2.16. The minimum Gasteiger partial charge on any atom is -0.396 e. The van der Waals surface area contributed by atoms with Crippen molar-refractivity contribution in [3.8, 4) is 0 Å². The smallest absolute Gasteiger partial charge is 0.258 e. The number of aromatic nitrogens is 1. The lowest BCUT2D eigenvalue weighted by atomic mass is 9.85. The van der Waals surface area contributed by atoms with Gasteiger partial charge in [-0.15, -0.1) is 0 Å². The molecular formula is C24H33N3O3. The number of allylic oxidation sites excluding steroid dienone is 2. The molecule has 2 saturated heterocycles. The molecule has 0 spiro atoms. The van der Waals surface area contributed by atoms with Crippen molar-refractivity contribution in [1.29, 1.82) is 0 Å². The fourth-order valence-electron chi connectivity index (χ4n) is 6.32. The van der Waals surface area contributed by atoms with Crippen molar-refractivity contribution in [3.63, 3.8) is 0 Å². The Hall–Kier alpha value is -1.92. The number of hydrogen-bond acceptors (Lipinski definition) is 4. The van der Waals surface area contributed by atoms with E-state index in [1.807, 2.05) is 22.6 Å². The van der Waals surface area contributed by atoms with E-state index >= 15 is 0 Å². The van der Waals surface area contributed by atoms with Crippen LogP contribution in [-0.2, 0) is 11.3 Å². The van der Waals surface area contributed by atoms with Crippen molar-refractivity contribution in [2.24, 2.45) is 11.8 Å². The fraction of sp³-hybridized carbons (Fsp3) is 0.667. The third kappa shape index (κ3) is 3.07. The first-order valence-electron chi connectivity index (χ1n) is 11.7. The number of amides is 1. The van der Waals surface area contributed by atoms with Gasteiger partial charge in [-0.05, 0) is 69.7 Å². The third-order valence-corrected chi connectivity index (χ3v) is 7.94. The number of likely N-dealkylation sites (tertiary alicyclic amines) is 1. The van der Waals surface area contributed by atoms with Gasteiger partial charge in [-0.3, -0.25) is 14.5 Å². The molecule has 1 amide bonds. The van der Waals surface area contributed by atoms with Crippen molar-refractivity contribution >= 4 is 11.5 Å². The Kier molecular flexibility index (Phi) is 5.31. The van der Waals surface area contributed by atoms with Gasteiger partial charge in [0.1, 0.15) is 0 Å². The number of hydrogen-bond donors (Lipinski definition) is 1.